The van der Waals surface area contributed by atoms with Gasteiger partial charge in [-0.3, -0.25) is 0 Å². The number of thiazole rings is 1. The van der Waals surface area contributed by atoms with Gasteiger partial charge in [0.1, 0.15) is 10.6 Å². The first-order valence-electron chi connectivity index (χ1n) is 3.86. The van der Waals surface area contributed by atoms with Gasteiger partial charge < -0.3 is 5.11 Å². The van der Waals surface area contributed by atoms with Crippen LogP contribution in [0.15, 0.2) is 4.21 Å². The second kappa shape index (κ2) is 3.36. The predicted octanol–water partition coefficient (Wildman–Crippen LogP) is 2.22. The molecule has 0 aliphatic heterocycles. The van der Waals surface area contributed by atoms with Crippen molar-refractivity contribution in [3.05, 3.63) is 10.7 Å². The minimum atomic E-state index is -0.838. The van der Waals surface area contributed by atoms with E-state index >= 15 is 0 Å². The Bertz CT molecular complexity index is 275. The molecule has 12 heavy (non-hydrogen) atoms. The van der Waals surface area contributed by atoms with Crippen LogP contribution in [-0.4, -0.2) is 10.1 Å². The summed E-state index contributed by atoms with van der Waals surface area (Å²) in [6.07, 6.45) is 0.866. The van der Waals surface area contributed by atoms with Crippen molar-refractivity contribution in [1.29, 1.82) is 0 Å². The van der Waals surface area contributed by atoms with Crippen molar-refractivity contribution in [2.75, 3.05) is 0 Å². The molecule has 0 radical (unpaired) electrons. The molecule has 0 atom stereocenters. The minimum Gasteiger partial charge on any atom is -0.383 e. The first-order chi connectivity index (χ1) is 5.45. The molecule has 0 amide bonds. The predicted molar refractivity (Wildman–Crippen MR) is 54.0 cm³/mol. The molecular weight excluding hydrogens is 190 g/mol. The molecule has 0 saturated heterocycles. The van der Waals surface area contributed by atoms with E-state index in [1.165, 1.54) is 11.3 Å². The maximum Gasteiger partial charge on any atom is 0.125 e. The Kier molecular flexibility index (Phi) is 2.81. The summed E-state index contributed by atoms with van der Waals surface area (Å²) in [5, 5.41) is 10.4. The molecular formula is C8H13NOS2. The normalized spacial score (nSPS) is 12.1. The van der Waals surface area contributed by atoms with Gasteiger partial charge in [0.2, 0.25) is 0 Å². The molecule has 1 aromatic heterocycles. The van der Waals surface area contributed by atoms with Crippen molar-refractivity contribution in [1.82, 2.24) is 4.98 Å². The van der Waals surface area contributed by atoms with Gasteiger partial charge in [-0.05, 0) is 20.3 Å². The number of aromatic nitrogens is 1. The number of nitrogens with zero attached hydrogens (tertiary/aromatic N) is 1. The molecule has 1 aromatic rings. The molecule has 0 fully saturated rings. The van der Waals surface area contributed by atoms with Gasteiger partial charge in [0.25, 0.3) is 0 Å². The largest absolute Gasteiger partial charge is 0.383 e. The van der Waals surface area contributed by atoms with E-state index in [-0.39, 0.29) is 0 Å². The van der Waals surface area contributed by atoms with Crippen LogP contribution in [0.3, 0.4) is 0 Å². The van der Waals surface area contributed by atoms with Crippen LogP contribution in [0.2, 0.25) is 0 Å². The third kappa shape index (κ3) is 2.00. The van der Waals surface area contributed by atoms with E-state index in [2.05, 4.69) is 17.6 Å². The fourth-order valence-corrected chi connectivity index (χ4v) is 2.20. The summed E-state index contributed by atoms with van der Waals surface area (Å²) in [5.74, 6) is 0. The lowest BCUT2D eigenvalue weighted by molar-refractivity contribution is 0.0781. The van der Waals surface area contributed by atoms with E-state index in [0.29, 0.717) is 0 Å². The average Bonchev–Trinajstić information content (AvgIpc) is 2.29. The van der Waals surface area contributed by atoms with Crippen LogP contribution >= 0.6 is 24.0 Å². The zero-order valence-electron chi connectivity index (χ0n) is 7.46. The molecule has 0 aliphatic rings. The summed E-state index contributed by atoms with van der Waals surface area (Å²) in [5.41, 5.74) is 0.135. The van der Waals surface area contributed by atoms with E-state index in [1.54, 1.807) is 13.8 Å². The molecule has 68 valence electrons. The quantitative estimate of drug-likeness (QED) is 0.723. The van der Waals surface area contributed by atoms with E-state index in [1.807, 2.05) is 6.92 Å². The molecule has 4 heteroatoms. The fraction of sp³-hybridized carbons (Fsp3) is 0.625. The highest BCUT2D eigenvalue weighted by Gasteiger charge is 2.21. The van der Waals surface area contributed by atoms with E-state index < -0.39 is 5.60 Å². The number of hydrogen-bond donors (Lipinski definition) is 2. The third-order valence-electron chi connectivity index (χ3n) is 1.53. The van der Waals surface area contributed by atoms with Gasteiger partial charge >= 0.3 is 0 Å². The Morgan fingerprint density at radius 3 is 2.42 bits per heavy atom. The third-order valence-corrected chi connectivity index (χ3v) is 3.28. The second-order valence-corrected chi connectivity index (χ2v) is 4.93. The smallest absolute Gasteiger partial charge is 0.125 e. The van der Waals surface area contributed by atoms with Crippen LogP contribution in [0.1, 0.15) is 31.5 Å². The molecule has 0 spiro atoms. The molecule has 0 aliphatic carbocycles. The number of thiol groups is 1. The molecule has 0 bridgehead atoms. The lowest BCUT2D eigenvalue weighted by Crippen LogP contribution is -2.14. The fourth-order valence-electron chi connectivity index (χ4n) is 0.836. The van der Waals surface area contributed by atoms with Crippen molar-refractivity contribution in [3.63, 3.8) is 0 Å². The Morgan fingerprint density at radius 2 is 2.17 bits per heavy atom. The first-order valence-corrected chi connectivity index (χ1v) is 5.13. The van der Waals surface area contributed by atoms with Crippen LogP contribution < -0.4 is 0 Å². The van der Waals surface area contributed by atoms with Crippen molar-refractivity contribution in [3.8, 4) is 0 Å². The van der Waals surface area contributed by atoms with Crippen molar-refractivity contribution >= 4 is 24.0 Å². The Hall–Kier alpha value is -0.0600. The summed E-state index contributed by atoms with van der Waals surface area (Å²) in [6, 6.07) is 0. The maximum atomic E-state index is 9.64. The van der Waals surface area contributed by atoms with Crippen molar-refractivity contribution in [2.45, 2.75) is 37.0 Å². The average molecular weight is 203 g/mol. The van der Waals surface area contributed by atoms with Gasteiger partial charge in [0.05, 0.1) is 9.90 Å². The summed E-state index contributed by atoms with van der Waals surface area (Å²) in [4.78, 5) is 4.29. The molecule has 1 N–H and O–H groups in total. The highest BCUT2D eigenvalue weighted by atomic mass is 32.2. The standard InChI is InChI=1S/C8H13NOS2/c1-4-5-6(11)12-7(9-5)8(2,3)10/h10-11H,4H2,1-3H3. The topological polar surface area (TPSA) is 33.1 Å². The van der Waals surface area contributed by atoms with Crippen molar-refractivity contribution < 1.29 is 5.11 Å². The van der Waals surface area contributed by atoms with Crippen LogP contribution in [0.25, 0.3) is 0 Å². The SMILES string of the molecule is CCc1nc(C(C)(C)O)sc1S. The summed E-state index contributed by atoms with van der Waals surface area (Å²) < 4.78 is 0.912. The Morgan fingerprint density at radius 1 is 1.58 bits per heavy atom. The van der Waals surface area contributed by atoms with Gasteiger partial charge in [-0.15, -0.1) is 24.0 Å². The molecule has 2 nitrogen and oxygen atoms in total. The van der Waals surface area contributed by atoms with Crippen LogP contribution in [0, 0.1) is 0 Å². The van der Waals surface area contributed by atoms with E-state index in [0.717, 1.165) is 21.3 Å². The molecule has 0 aromatic carbocycles. The number of hydrogen-bond acceptors (Lipinski definition) is 4. The van der Waals surface area contributed by atoms with Crippen LogP contribution in [0.5, 0.6) is 0 Å². The van der Waals surface area contributed by atoms with Gasteiger partial charge in [-0.2, -0.15) is 0 Å². The van der Waals surface area contributed by atoms with E-state index in [4.69, 9.17) is 0 Å². The van der Waals surface area contributed by atoms with Gasteiger partial charge in [0.15, 0.2) is 0 Å². The lowest BCUT2D eigenvalue weighted by Gasteiger charge is -2.12. The highest BCUT2D eigenvalue weighted by molar-refractivity contribution is 7.82. The molecule has 0 unspecified atom stereocenters. The second-order valence-electron chi connectivity index (χ2n) is 3.18. The summed E-state index contributed by atoms with van der Waals surface area (Å²) in [7, 11) is 0. The minimum absolute atomic E-state index is 0.740. The number of aryl methyl sites for hydroxylation is 1. The number of aliphatic hydroxyl groups is 1. The summed E-state index contributed by atoms with van der Waals surface area (Å²) in [6.45, 7) is 5.50. The monoisotopic (exact) mass is 203 g/mol. The van der Waals surface area contributed by atoms with Gasteiger partial charge in [0, 0.05) is 0 Å². The van der Waals surface area contributed by atoms with Crippen LogP contribution in [-0.2, 0) is 12.0 Å². The Balaban J connectivity index is 3.05. The zero-order valence-corrected chi connectivity index (χ0v) is 9.17. The molecule has 1 rings (SSSR count). The summed E-state index contributed by atoms with van der Waals surface area (Å²) >= 11 is 5.72. The zero-order chi connectivity index (χ0) is 9.35. The van der Waals surface area contributed by atoms with Crippen molar-refractivity contribution in [2.24, 2.45) is 0 Å². The van der Waals surface area contributed by atoms with Gasteiger partial charge in [-0.25, -0.2) is 4.98 Å². The van der Waals surface area contributed by atoms with Crippen LogP contribution in [0.4, 0.5) is 0 Å². The maximum absolute atomic E-state index is 9.64. The molecule has 1 heterocycles. The van der Waals surface area contributed by atoms with E-state index in [9.17, 15) is 5.11 Å². The number of rotatable bonds is 2. The lowest BCUT2D eigenvalue weighted by atomic mass is 10.1. The molecule has 0 saturated carbocycles. The highest BCUT2D eigenvalue weighted by Crippen LogP contribution is 2.30. The Labute approximate surface area is 82.1 Å². The first kappa shape index (κ1) is 10.0. The van der Waals surface area contributed by atoms with Gasteiger partial charge in [-0.1, -0.05) is 6.92 Å².